The van der Waals surface area contributed by atoms with Gasteiger partial charge < -0.3 is 23.7 Å². The first-order chi connectivity index (χ1) is 21.3. The first-order valence-corrected chi connectivity index (χ1v) is 15.2. The third-order valence-electron chi connectivity index (χ3n) is 7.11. The zero-order valence-electron chi connectivity index (χ0n) is 24.9. The molecule has 0 spiro atoms. The van der Waals surface area contributed by atoms with E-state index in [0.717, 1.165) is 22.4 Å². The maximum atomic E-state index is 13.9. The van der Waals surface area contributed by atoms with Crippen LogP contribution in [0.3, 0.4) is 0 Å². The molecule has 44 heavy (non-hydrogen) atoms. The second kappa shape index (κ2) is 12.4. The van der Waals surface area contributed by atoms with Crippen molar-refractivity contribution >= 4 is 23.4 Å². The number of hydrogen-bond donors (Lipinski definition) is 0. The molecule has 9 nitrogen and oxygen atoms in total. The van der Waals surface area contributed by atoms with E-state index in [-0.39, 0.29) is 18.5 Å². The molecule has 0 radical (unpaired) electrons. The smallest absolute Gasteiger partial charge is 0.338 e. The van der Waals surface area contributed by atoms with E-state index in [2.05, 4.69) is 4.99 Å². The van der Waals surface area contributed by atoms with Crippen LogP contribution in [0.15, 0.2) is 87.8 Å². The Kier molecular flexibility index (Phi) is 8.25. The number of thiazole rings is 1. The Morgan fingerprint density at radius 3 is 2.45 bits per heavy atom. The van der Waals surface area contributed by atoms with Gasteiger partial charge in [-0.2, -0.15) is 0 Å². The minimum atomic E-state index is -0.692. The zero-order chi connectivity index (χ0) is 30.8. The van der Waals surface area contributed by atoms with Crippen molar-refractivity contribution in [2.75, 3.05) is 13.4 Å². The van der Waals surface area contributed by atoms with Crippen molar-refractivity contribution in [2.24, 2.45) is 4.99 Å². The summed E-state index contributed by atoms with van der Waals surface area (Å²) in [6.45, 7) is 8.42. The van der Waals surface area contributed by atoms with E-state index in [4.69, 9.17) is 23.7 Å². The summed E-state index contributed by atoms with van der Waals surface area (Å²) in [5, 5.41) is 0. The zero-order valence-corrected chi connectivity index (χ0v) is 25.7. The van der Waals surface area contributed by atoms with Gasteiger partial charge in [0.2, 0.25) is 6.79 Å². The maximum Gasteiger partial charge on any atom is 0.338 e. The summed E-state index contributed by atoms with van der Waals surface area (Å²) >= 11 is 1.28. The largest absolute Gasteiger partial charge is 0.494 e. The van der Waals surface area contributed by atoms with Gasteiger partial charge >= 0.3 is 5.97 Å². The minimum Gasteiger partial charge on any atom is -0.494 e. The van der Waals surface area contributed by atoms with E-state index in [9.17, 15) is 9.59 Å². The lowest BCUT2D eigenvalue weighted by molar-refractivity contribution is -0.143. The molecule has 1 atom stereocenters. The first kappa shape index (κ1) is 29.3. The van der Waals surface area contributed by atoms with Gasteiger partial charge in [0, 0.05) is 0 Å². The number of allylic oxidation sites excluding steroid dienone is 1. The summed E-state index contributed by atoms with van der Waals surface area (Å²) in [7, 11) is 0. The molecule has 0 amide bonds. The molecule has 3 heterocycles. The molecular weight excluding hydrogens is 580 g/mol. The number of benzene rings is 3. The predicted octanol–water partition coefficient (Wildman–Crippen LogP) is 4.89. The Balaban J connectivity index is 1.30. The number of rotatable bonds is 9. The number of nitrogens with zero attached hydrogens (tertiary/aromatic N) is 2. The molecular formula is C34H32N2O7S. The highest BCUT2D eigenvalue weighted by Crippen LogP contribution is 2.33. The Bertz CT molecular complexity index is 1900. The Labute approximate surface area is 258 Å². The van der Waals surface area contributed by atoms with Crippen LogP contribution in [0.2, 0.25) is 0 Å². The van der Waals surface area contributed by atoms with Crippen molar-refractivity contribution in [1.82, 2.24) is 4.57 Å². The highest BCUT2D eigenvalue weighted by atomic mass is 32.1. The molecule has 0 N–H and O–H groups in total. The van der Waals surface area contributed by atoms with Gasteiger partial charge in [0.25, 0.3) is 5.56 Å². The summed E-state index contributed by atoms with van der Waals surface area (Å²) in [4.78, 5) is 32.4. The van der Waals surface area contributed by atoms with Gasteiger partial charge in [0.15, 0.2) is 16.3 Å². The molecule has 10 heteroatoms. The minimum absolute atomic E-state index is 0.229. The highest BCUT2D eigenvalue weighted by molar-refractivity contribution is 7.07. The standard InChI is InChI=1S/C34H32N2O7S/c1-5-39-25-13-9-24(10-14-25)31-30(33(38)43-20(2)3)21(4)35-34-36(31)32(37)29(44-34)17-22-6-11-26(12-7-22)40-18-23-8-15-27-28(16-23)42-19-41-27/h6-17,20,31H,5,18-19H2,1-4H3/b29-17+/t31-/m1/s1. The van der Waals surface area contributed by atoms with Gasteiger partial charge in [-0.1, -0.05) is 41.7 Å². The number of carbonyl (C=O) groups excluding carboxylic acids is 1. The molecule has 3 aromatic carbocycles. The Hall–Kier alpha value is -4.83. The third kappa shape index (κ3) is 5.98. The number of esters is 1. The van der Waals surface area contributed by atoms with Gasteiger partial charge in [0.1, 0.15) is 18.1 Å². The van der Waals surface area contributed by atoms with E-state index in [1.54, 1.807) is 25.3 Å². The second-order valence-corrected chi connectivity index (χ2v) is 11.6. The van der Waals surface area contributed by atoms with Crippen molar-refractivity contribution in [2.45, 2.75) is 46.4 Å². The quantitative estimate of drug-likeness (QED) is 0.248. The Morgan fingerprint density at radius 1 is 1.02 bits per heavy atom. The molecule has 0 unspecified atom stereocenters. The summed E-state index contributed by atoms with van der Waals surface area (Å²) in [6, 6.07) is 20.0. The van der Waals surface area contributed by atoms with E-state index < -0.39 is 12.0 Å². The molecule has 0 aliphatic carbocycles. The van der Waals surface area contributed by atoms with E-state index in [0.29, 0.717) is 51.1 Å². The fraction of sp³-hybridized carbons (Fsp3) is 0.265. The molecule has 2 aliphatic rings. The average Bonchev–Trinajstić information content (AvgIpc) is 3.59. The van der Waals surface area contributed by atoms with E-state index in [1.807, 2.05) is 79.7 Å². The van der Waals surface area contributed by atoms with Crippen molar-refractivity contribution in [3.63, 3.8) is 0 Å². The average molecular weight is 613 g/mol. The summed E-state index contributed by atoms with van der Waals surface area (Å²) in [5.74, 6) is 2.35. The lowest BCUT2D eigenvalue weighted by atomic mass is 9.96. The maximum absolute atomic E-state index is 13.9. The van der Waals surface area contributed by atoms with Crippen LogP contribution in [0.5, 0.6) is 23.0 Å². The number of carbonyl (C=O) groups is 1. The molecule has 0 saturated carbocycles. The number of hydrogen-bond acceptors (Lipinski definition) is 9. The lowest BCUT2D eigenvalue weighted by Gasteiger charge is -2.25. The highest BCUT2D eigenvalue weighted by Gasteiger charge is 2.33. The van der Waals surface area contributed by atoms with Gasteiger partial charge in [-0.05, 0) is 86.9 Å². The normalized spacial score (nSPS) is 15.7. The number of ether oxygens (including phenoxy) is 5. The van der Waals surface area contributed by atoms with Crippen LogP contribution < -0.4 is 33.8 Å². The summed E-state index contributed by atoms with van der Waals surface area (Å²) in [6.07, 6.45) is 1.50. The van der Waals surface area contributed by atoms with Gasteiger partial charge in [0.05, 0.1) is 34.6 Å². The van der Waals surface area contributed by atoms with Crippen LogP contribution in [-0.4, -0.2) is 30.0 Å². The van der Waals surface area contributed by atoms with E-state index in [1.165, 1.54) is 11.3 Å². The molecule has 0 bridgehead atoms. The molecule has 6 rings (SSSR count). The number of fused-ring (bicyclic) bond motifs is 2. The molecule has 4 aromatic rings. The molecule has 0 saturated heterocycles. The molecule has 0 fully saturated rings. The van der Waals surface area contributed by atoms with Gasteiger partial charge in [-0.3, -0.25) is 9.36 Å². The van der Waals surface area contributed by atoms with Crippen LogP contribution in [-0.2, 0) is 16.1 Å². The van der Waals surface area contributed by atoms with Crippen LogP contribution in [0, 0.1) is 0 Å². The van der Waals surface area contributed by atoms with Crippen LogP contribution in [0.25, 0.3) is 6.08 Å². The first-order valence-electron chi connectivity index (χ1n) is 14.4. The summed E-state index contributed by atoms with van der Waals surface area (Å²) < 4.78 is 30.0. The summed E-state index contributed by atoms with van der Waals surface area (Å²) in [5.41, 5.74) is 3.18. The number of aromatic nitrogens is 1. The Morgan fingerprint density at radius 2 is 1.73 bits per heavy atom. The second-order valence-electron chi connectivity index (χ2n) is 10.6. The molecule has 1 aromatic heterocycles. The molecule has 2 aliphatic heterocycles. The van der Waals surface area contributed by atoms with Crippen molar-refractivity contribution in [1.29, 1.82) is 0 Å². The predicted molar refractivity (Wildman–Crippen MR) is 166 cm³/mol. The fourth-order valence-corrected chi connectivity index (χ4v) is 6.14. The third-order valence-corrected chi connectivity index (χ3v) is 8.09. The van der Waals surface area contributed by atoms with E-state index >= 15 is 0 Å². The topological polar surface area (TPSA) is 97.6 Å². The van der Waals surface area contributed by atoms with Crippen LogP contribution in [0.4, 0.5) is 0 Å². The van der Waals surface area contributed by atoms with Crippen LogP contribution >= 0.6 is 11.3 Å². The molecule has 226 valence electrons. The fourth-order valence-electron chi connectivity index (χ4n) is 5.10. The van der Waals surface area contributed by atoms with Crippen molar-refractivity contribution in [3.8, 4) is 23.0 Å². The van der Waals surface area contributed by atoms with Crippen LogP contribution in [0.1, 0.15) is 50.4 Å². The van der Waals surface area contributed by atoms with Gasteiger partial charge in [-0.15, -0.1) is 0 Å². The van der Waals surface area contributed by atoms with Crippen molar-refractivity contribution < 1.29 is 28.5 Å². The monoisotopic (exact) mass is 612 g/mol. The van der Waals surface area contributed by atoms with Crippen molar-refractivity contribution in [3.05, 3.63) is 114 Å². The SMILES string of the molecule is CCOc1ccc([C@@H]2C(C(=O)OC(C)C)=C(C)N=c3s/c(=C/c4ccc(OCc5ccc6c(c5)OCO6)cc4)c(=O)n32)cc1. The van der Waals surface area contributed by atoms with Gasteiger partial charge in [-0.25, -0.2) is 9.79 Å². The lowest BCUT2D eigenvalue weighted by Crippen LogP contribution is -2.40.